The lowest BCUT2D eigenvalue weighted by Crippen LogP contribution is -2.36. The minimum atomic E-state index is -0.380. The van der Waals surface area contributed by atoms with E-state index in [4.69, 9.17) is 0 Å². The number of halogens is 1. The number of hydrogen-bond acceptors (Lipinski definition) is 3. The summed E-state index contributed by atoms with van der Waals surface area (Å²) in [6, 6.07) is 14.3. The van der Waals surface area contributed by atoms with Gasteiger partial charge in [-0.2, -0.15) is 0 Å². The molecule has 1 atom stereocenters. The predicted molar refractivity (Wildman–Crippen MR) is 95.7 cm³/mol. The van der Waals surface area contributed by atoms with Crippen LogP contribution in [0.3, 0.4) is 0 Å². The first-order valence-electron chi connectivity index (χ1n) is 7.47. The average Bonchev–Trinajstić information content (AvgIpc) is 2.60. The molecule has 2 aromatic carbocycles. The van der Waals surface area contributed by atoms with E-state index in [1.54, 1.807) is 24.3 Å². The van der Waals surface area contributed by atoms with E-state index in [0.29, 0.717) is 12.1 Å². The molecule has 0 bridgehead atoms. The van der Waals surface area contributed by atoms with Crippen LogP contribution in [0.2, 0.25) is 0 Å². The molecule has 2 rings (SSSR count). The zero-order valence-corrected chi connectivity index (χ0v) is 15.1. The number of hydrogen-bond donors (Lipinski definition) is 2. The Morgan fingerprint density at radius 1 is 1.12 bits per heavy atom. The summed E-state index contributed by atoms with van der Waals surface area (Å²) in [4.78, 5) is 23.4. The normalized spacial score (nSPS) is 11.5. The second kappa shape index (κ2) is 8.49. The minimum absolute atomic E-state index is 0.123. The highest BCUT2D eigenvalue weighted by atomic mass is 79.9. The fraction of sp³-hybridized carbons (Fsp3) is 0.222. The van der Waals surface area contributed by atoms with Crippen molar-refractivity contribution in [2.45, 2.75) is 19.5 Å². The second-order valence-electron chi connectivity index (χ2n) is 5.26. The first-order valence-corrected chi connectivity index (χ1v) is 8.26. The Bertz CT molecular complexity index is 716. The molecule has 0 aliphatic heterocycles. The molecule has 2 N–H and O–H groups in total. The molecule has 0 aromatic heterocycles. The number of nitrogens with one attached hydrogen (secondary N) is 2. The molecule has 5 nitrogen and oxygen atoms in total. The van der Waals surface area contributed by atoms with E-state index in [0.717, 1.165) is 15.6 Å². The number of ether oxygens (including phenoxy) is 1. The van der Waals surface area contributed by atoms with Gasteiger partial charge in [-0.3, -0.25) is 0 Å². The zero-order valence-electron chi connectivity index (χ0n) is 13.5. The van der Waals surface area contributed by atoms with Gasteiger partial charge in [-0.05, 0) is 36.2 Å². The molecule has 0 saturated carbocycles. The largest absolute Gasteiger partial charge is 0.465 e. The van der Waals surface area contributed by atoms with Gasteiger partial charge in [0.1, 0.15) is 0 Å². The van der Waals surface area contributed by atoms with Crippen LogP contribution in [0.25, 0.3) is 0 Å². The number of carbonyl (C=O) groups excluding carboxylic acids is 2. The number of urea groups is 1. The lowest BCUT2D eigenvalue weighted by Gasteiger charge is -2.16. The van der Waals surface area contributed by atoms with Gasteiger partial charge >= 0.3 is 12.0 Å². The molecule has 0 spiro atoms. The molecule has 24 heavy (non-hydrogen) atoms. The van der Waals surface area contributed by atoms with Crippen LogP contribution in [0.15, 0.2) is 53.0 Å². The lowest BCUT2D eigenvalue weighted by atomic mass is 10.1. The highest BCUT2D eigenvalue weighted by molar-refractivity contribution is 9.10. The van der Waals surface area contributed by atoms with Gasteiger partial charge in [0.25, 0.3) is 0 Å². The quantitative estimate of drug-likeness (QED) is 0.762. The molecule has 0 saturated heterocycles. The highest BCUT2D eigenvalue weighted by Gasteiger charge is 2.11. The van der Waals surface area contributed by atoms with Crippen molar-refractivity contribution < 1.29 is 14.3 Å². The van der Waals surface area contributed by atoms with Crippen molar-refractivity contribution >= 4 is 27.9 Å². The molecule has 126 valence electrons. The van der Waals surface area contributed by atoms with Crippen LogP contribution in [0.1, 0.15) is 34.5 Å². The summed E-state index contributed by atoms with van der Waals surface area (Å²) in [6.07, 6.45) is 0. The maximum absolute atomic E-state index is 12.0. The van der Waals surface area contributed by atoms with Crippen LogP contribution in [-0.4, -0.2) is 19.1 Å². The Labute approximate surface area is 149 Å². The molecule has 0 aliphatic carbocycles. The van der Waals surface area contributed by atoms with E-state index < -0.39 is 0 Å². The van der Waals surface area contributed by atoms with Gasteiger partial charge < -0.3 is 15.4 Å². The van der Waals surface area contributed by atoms with Crippen LogP contribution >= 0.6 is 15.9 Å². The van der Waals surface area contributed by atoms with Crippen molar-refractivity contribution in [1.82, 2.24) is 10.6 Å². The Kier molecular flexibility index (Phi) is 6.37. The Hall–Kier alpha value is -2.34. The van der Waals surface area contributed by atoms with Gasteiger partial charge in [0.15, 0.2) is 0 Å². The third-order valence-electron chi connectivity index (χ3n) is 3.55. The summed E-state index contributed by atoms with van der Waals surface area (Å²) in [5.41, 5.74) is 2.38. The van der Waals surface area contributed by atoms with Crippen molar-refractivity contribution in [3.8, 4) is 0 Å². The van der Waals surface area contributed by atoms with E-state index in [-0.39, 0.29) is 18.0 Å². The van der Waals surface area contributed by atoms with Crippen molar-refractivity contribution in [3.05, 3.63) is 69.7 Å². The number of benzene rings is 2. The third kappa shape index (κ3) is 4.83. The molecule has 1 unspecified atom stereocenters. The zero-order chi connectivity index (χ0) is 17.5. The first-order chi connectivity index (χ1) is 11.5. The molecule has 6 heteroatoms. The van der Waals surface area contributed by atoms with Crippen molar-refractivity contribution in [2.75, 3.05) is 7.11 Å². The summed E-state index contributed by atoms with van der Waals surface area (Å²) < 4.78 is 5.60. The summed E-state index contributed by atoms with van der Waals surface area (Å²) in [5.74, 6) is -0.380. The second-order valence-corrected chi connectivity index (χ2v) is 6.11. The number of amides is 2. The molecule has 0 heterocycles. The lowest BCUT2D eigenvalue weighted by molar-refractivity contribution is 0.0600. The monoisotopic (exact) mass is 390 g/mol. The Morgan fingerprint density at radius 2 is 1.79 bits per heavy atom. The van der Waals surface area contributed by atoms with E-state index in [1.807, 2.05) is 31.2 Å². The van der Waals surface area contributed by atoms with Crippen molar-refractivity contribution in [2.24, 2.45) is 0 Å². The molecular formula is C18H19BrN2O3. The minimum Gasteiger partial charge on any atom is -0.465 e. The molecule has 0 fully saturated rings. The Morgan fingerprint density at radius 3 is 2.42 bits per heavy atom. The first kappa shape index (κ1) is 18.0. The van der Waals surface area contributed by atoms with E-state index >= 15 is 0 Å². The van der Waals surface area contributed by atoms with Crippen LogP contribution in [-0.2, 0) is 11.3 Å². The number of carbonyl (C=O) groups is 2. The van der Waals surface area contributed by atoms with Gasteiger partial charge in [-0.15, -0.1) is 0 Å². The topological polar surface area (TPSA) is 67.4 Å². The van der Waals surface area contributed by atoms with Gasteiger partial charge in [0.2, 0.25) is 0 Å². The van der Waals surface area contributed by atoms with Crippen LogP contribution in [0, 0.1) is 0 Å². The van der Waals surface area contributed by atoms with Crippen LogP contribution in [0.4, 0.5) is 4.79 Å². The van der Waals surface area contributed by atoms with E-state index in [9.17, 15) is 9.59 Å². The van der Waals surface area contributed by atoms with Crippen molar-refractivity contribution in [1.29, 1.82) is 0 Å². The fourth-order valence-electron chi connectivity index (χ4n) is 2.21. The average molecular weight is 391 g/mol. The SMILES string of the molecule is COC(=O)c1ccc(CNC(=O)NC(C)c2ccccc2Br)cc1. The number of rotatable bonds is 5. The standard InChI is InChI=1S/C18H19BrN2O3/c1-12(15-5-3-4-6-16(15)19)21-18(23)20-11-13-7-9-14(10-8-13)17(22)24-2/h3-10,12H,11H2,1-2H3,(H2,20,21,23). The van der Waals surface area contributed by atoms with Gasteiger partial charge in [-0.25, -0.2) is 9.59 Å². The van der Waals surface area contributed by atoms with Crippen molar-refractivity contribution in [3.63, 3.8) is 0 Å². The predicted octanol–water partition coefficient (Wildman–Crippen LogP) is 3.80. The maximum atomic E-state index is 12.0. The Balaban J connectivity index is 1.87. The highest BCUT2D eigenvalue weighted by Crippen LogP contribution is 2.22. The van der Waals surface area contributed by atoms with Gasteiger partial charge in [0, 0.05) is 11.0 Å². The summed E-state index contributed by atoms with van der Waals surface area (Å²) >= 11 is 3.48. The van der Waals surface area contributed by atoms with Gasteiger partial charge in [-0.1, -0.05) is 46.3 Å². The molecule has 0 radical (unpaired) electrons. The summed E-state index contributed by atoms with van der Waals surface area (Å²) in [6.45, 7) is 2.29. The maximum Gasteiger partial charge on any atom is 0.337 e. The van der Waals surface area contributed by atoms with E-state index in [1.165, 1.54) is 7.11 Å². The van der Waals surface area contributed by atoms with Crippen LogP contribution in [0.5, 0.6) is 0 Å². The number of methoxy groups -OCH3 is 1. The third-order valence-corrected chi connectivity index (χ3v) is 4.27. The molecule has 0 aliphatic rings. The molecule has 2 aromatic rings. The molecular weight excluding hydrogens is 372 g/mol. The fourth-order valence-corrected chi connectivity index (χ4v) is 2.84. The smallest absolute Gasteiger partial charge is 0.337 e. The van der Waals surface area contributed by atoms with Crippen LogP contribution < -0.4 is 10.6 Å². The molecule has 2 amide bonds. The van der Waals surface area contributed by atoms with Gasteiger partial charge in [0.05, 0.1) is 18.7 Å². The van der Waals surface area contributed by atoms with E-state index in [2.05, 4.69) is 31.3 Å². The summed E-state index contributed by atoms with van der Waals surface area (Å²) in [7, 11) is 1.34. The number of esters is 1. The summed E-state index contributed by atoms with van der Waals surface area (Å²) in [5, 5.41) is 5.69.